The number of hydrogen-bond acceptors (Lipinski definition) is 2. The highest BCUT2D eigenvalue weighted by atomic mass is 16.5. The zero-order chi connectivity index (χ0) is 9.47. The second kappa shape index (κ2) is 2.72. The fourth-order valence-corrected chi connectivity index (χ4v) is 2.10. The number of carbonyl (C=O) groups excluding carboxylic acids is 1. The Kier molecular flexibility index (Phi) is 1.79. The fourth-order valence-electron chi connectivity index (χ4n) is 2.10. The summed E-state index contributed by atoms with van der Waals surface area (Å²) >= 11 is 0. The van der Waals surface area contributed by atoms with Crippen LogP contribution in [0.25, 0.3) is 0 Å². The van der Waals surface area contributed by atoms with Crippen LogP contribution in [0, 0.1) is 5.41 Å². The summed E-state index contributed by atoms with van der Waals surface area (Å²) in [5.74, 6) is 1.35. The lowest BCUT2D eigenvalue weighted by molar-refractivity contribution is -0.124. The minimum Gasteiger partial charge on any atom is -0.501 e. The molecule has 0 saturated carbocycles. The van der Waals surface area contributed by atoms with E-state index in [1.807, 2.05) is 19.1 Å². The molecule has 0 amide bonds. The van der Waals surface area contributed by atoms with E-state index in [2.05, 4.69) is 0 Å². The number of carbonyl (C=O) groups is 1. The van der Waals surface area contributed by atoms with Gasteiger partial charge < -0.3 is 4.74 Å². The summed E-state index contributed by atoms with van der Waals surface area (Å²) < 4.78 is 5.19. The van der Waals surface area contributed by atoms with E-state index < -0.39 is 0 Å². The van der Waals surface area contributed by atoms with Crippen LogP contribution in [-0.2, 0) is 9.53 Å². The van der Waals surface area contributed by atoms with Gasteiger partial charge in [0.1, 0.15) is 5.78 Å². The van der Waals surface area contributed by atoms with E-state index in [9.17, 15) is 4.79 Å². The molecule has 0 heterocycles. The van der Waals surface area contributed by atoms with E-state index in [0.717, 1.165) is 24.2 Å². The van der Waals surface area contributed by atoms with Gasteiger partial charge in [-0.1, -0.05) is 6.08 Å². The number of hydrogen-bond donors (Lipinski definition) is 0. The minimum absolute atomic E-state index is 0.206. The van der Waals surface area contributed by atoms with Gasteiger partial charge >= 0.3 is 0 Å². The van der Waals surface area contributed by atoms with Crippen LogP contribution in [0.15, 0.2) is 23.5 Å². The molecule has 0 radical (unpaired) electrons. The first-order valence-electron chi connectivity index (χ1n) is 4.65. The van der Waals surface area contributed by atoms with Gasteiger partial charge in [-0.05, 0) is 25.0 Å². The second-order valence-electron chi connectivity index (χ2n) is 3.93. The maximum atomic E-state index is 11.6. The van der Waals surface area contributed by atoms with Crippen LogP contribution in [0.3, 0.4) is 0 Å². The van der Waals surface area contributed by atoms with Crippen molar-refractivity contribution < 1.29 is 9.53 Å². The standard InChI is InChI=1S/C11H14O2/c1-11-6-5-9(13-2)7-8(11)3-4-10(11)12/h3,7H,4-6H2,1-2H3. The van der Waals surface area contributed by atoms with Crippen LogP contribution < -0.4 is 0 Å². The van der Waals surface area contributed by atoms with Gasteiger partial charge in [0.05, 0.1) is 18.3 Å². The summed E-state index contributed by atoms with van der Waals surface area (Å²) in [5, 5.41) is 0. The molecule has 2 aliphatic rings. The van der Waals surface area contributed by atoms with Gasteiger partial charge in [0.25, 0.3) is 0 Å². The average molecular weight is 178 g/mol. The van der Waals surface area contributed by atoms with E-state index in [1.165, 1.54) is 0 Å². The van der Waals surface area contributed by atoms with Crippen LogP contribution in [0.1, 0.15) is 26.2 Å². The van der Waals surface area contributed by atoms with Crippen LogP contribution in [-0.4, -0.2) is 12.9 Å². The zero-order valence-corrected chi connectivity index (χ0v) is 8.09. The van der Waals surface area contributed by atoms with Gasteiger partial charge in [0.2, 0.25) is 0 Å². The summed E-state index contributed by atoms with van der Waals surface area (Å²) in [4.78, 5) is 11.6. The molecule has 0 spiro atoms. The number of ether oxygens (including phenoxy) is 1. The maximum Gasteiger partial charge on any atom is 0.146 e. The third-order valence-electron chi connectivity index (χ3n) is 3.21. The quantitative estimate of drug-likeness (QED) is 0.615. The largest absolute Gasteiger partial charge is 0.501 e. The first kappa shape index (κ1) is 8.54. The molecule has 0 saturated heterocycles. The Morgan fingerprint density at radius 3 is 3.00 bits per heavy atom. The van der Waals surface area contributed by atoms with Gasteiger partial charge in [-0.3, -0.25) is 4.79 Å². The first-order valence-corrected chi connectivity index (χ1v) is 4.65. The van der Waals surface area contributed by atoms with E-state index in [0.29, 0.717) is 12.2 Å². The number of rotatable bonds is 1. The SMILES string of the molecule is COC1=CC2=CCC(=O)C2(C)CC1. The molecular formula is C11H14O2. The molecule has 0 aromatic rings. The molecule has 0 aromatic heterocycles. The van der Waals surface area contributed by atoms with Gasteiger partial charge in [-0.25, -0.2) is 0 Å². The Morgan fingerprint density at radius 2 is 2.31 bits per heavy atom. The molecule has 1 atom stereocenters. The fraction of sp³-hybridized carbons (Fsp3) is 0.545. The summed E-state index contributed by atoms with van der Waals surface area (Å²) in [5.41, 5.74) is 0.947. The lowest BCUT2D eigenvalue weighted by Gasteiger charge is -2.29. The number of methoxy groups -OCH3 is 1. The highest BCUT2D eigenvalue weighted by Gasteiger charge is 2.41. The van der Waals surface area contributed by atoms with Crippen molar-refractivity contribution in [2.24, 2.45) is 5.41 Å². The Bertz CT molecular complexity index is 312. The van der Waals surface area contributed by atoms with Crippen molar-refractivity contribution in [1.82, 2.24) is 0 Å². The maximum absolute atomic E-state index is 11.6. The van der Waals surface area contributed by atoms with Crippen LogP contribution >= 0.6 is 0 Å². The molecule has 2 rings (SSSR count). The van der Waals surface area contributed by atoms with Crippen molar-refractivity contribution in [2.45, 2.75) is 26.2 Å². The molecule has 1 unspecified atom stereocenters. The van der Waals surface area contributed by atoms with Crippen molar-refractivity contribution in [3.63, 3.8) is 0 Å². The molecular weight excluding hydrogens is 164 g/mol. The second-order valence-corrected chi connectivity index (χ2v) is 3.93. The first-order chi connectivity index (χ1) is 6.16. The zero-order valence-electron chi connectivity index (χ0n) is 8.09. The highest BCUT2D eigenvalue weighted by molar-refractivity contribution is 5.93. The smallest absolute Gasteiger partial charge is 0.146 e. The molecule has 2 nitrogen and oxygen atoms in total. The molecule has 0 aromatic carbocycles. The summed E-state index contributed by atoms with van der Waals surface area (Å²) in [7, 11) is 1.69. The molecule has 2 heteroatoms. The lowest BCUT2D eigenvalue weighted by atomic mass is 9.75. The summed E-state index contributed by atoms with van der Waals surface area (Å²) in [6.07, 6.45) is 6.43. The van der Waals surface area contributed by atoms with Crippen molar-refractivity contribution in [2.75, 3.05) is 7.11 Å². The molecule has 0 bridgehead atoms. The van der Waals surface area contributed by atoms with Crippen LogP contribution in [0.5, 0.6) is 0 Å². The van der Waals surface area contributed by atoms with Crippen molar-refractivity contribution in [1.29, 1.82) is 0 Å². The Balaban J connectivity index is 2.35. The number of ketones is 1. The van der Waals surface area contributed by atoms with Gasteiger partial charge in [0.15, 0.2) is 0 Å². The summed E-state index contributed by atoms with van der Waals surface area (Å²) in [6.45, 7) is 2.04. The normalized spacial score (nSPS) is 32.3. The Morgan fingerprint density at radius 1 is 1.54 bits per heavy atom. The molecule has 2 aliphatic carbocycles. The highest BCUT2D eigenvalue weighted by Crippen LogP contribution is 2.44. The topological polar surface area (TPSA) is 26.3 Å². The van der Waals surface area contributed by atoms with Gasteiger partial charge in [-0.15, -0.1) is 0 Å². The number of allylic oxidation sites excluding steroid dienone is 4. The molecule has 0 fully saturated rings. The van der Waals surface area contributed by atoms with E-state index in [-0.39, 0.29) is 5.41 Å². The van der Waals surface area contributed by atoms with E-state index in [1.54, 1.807) is 7.11 Å². The van der Waals surface area contributed by atoms with E-state index in [4.69, 9.17) is 4.74 Å². The number of fused-ring (bicyclic) bond motifs is 1. The molecule has 0 aliphatic heterocycles. The third-order valence-corrected chi connectivity index (χ3v) is 3.21. The predicted molar refractivity (Wildman–Crippen MR) is 50.1 cm³/mol. The van der Waals surface area contributed by atoms with Crippen LogP contribution in [0.2, 0.25) is 0 Å². The van der Waals surface area contributed by atoms with Gasteiger partial charge in [0, 0.05) is 12.8 Å². The number of Topliss-reactive ketones (excluding diaryl/α,β-unsaturated/α-hetero) is 1. The van der Waals surface area contributed by atoms with Crippen molar-refractivity contribution in [3.8, 4) is 0 Å². The van der Waals surface area contributed by atoms with E-state index >= 15 is 0 Å². The Hall–Kier alpha value is -1.05. The monoisotopic (exact) mass is 178 g/mol. The summed E-state index contributed by atoms with van der Waals surface area (Å²) in [6, 6.07) is 0. The van der Waals surface area contributed by atoms with Crippen molar-refractivity contribution >= 4 is 5.78 Å². The Labute approximate surface area is 78.3 Å². The lowest BCUT2D eigenvalue weighted by Crippen LogP contribution is -2.27. The molecule has 13 heavy (non-hydrogen) atoms. The molecule has 70 valence electrons. The average Bonchev–Trinajstić information content (AvgIpc) is 2.43. The molecule has 0 N–H and O–H groups in total. The third kappa shape index (κ3) is 1.12. The minimum atomic E-state index is -0.206. The predicted octanol–water partition coefficient (Wildman–Crippen LogP) is 2.22. The van der Waals surface area contributed by atoms with Gasteiger partial charge in [-0.2, -0.15) is 0 Å². The van der Waals surface area contributed by atoms with Crippen LogP contribution in [0.4, 0.5) is 0 Å². The van der Waals surface area contributed by atoms with Crippen molar-refractivity contribution in [3.05, 3.63) is 23.5 Å².